The minimum absolute atomic E-state index is 0.0526. The molecule has 0 fully saturated rings. The highest BCUT2D eigenvalue weighted by Crippen LogP contribution is 2.35. The number of nitrogens with two attached hydrogens (primary N) is 1. The topological polar surface area (TPSA) is 200 Å². The largest absolute Gasteiger partial charge is 0.490 e. The number of furan rings is 1. The van der Waals surface area contributed by atoms with Gasteiger partial charge in [-0.05, 0) is 42.5 Å². The number of pyridine rings is 2. The summed E-state index contributed by atoms with van der Waals surface area (Å²) in [5.41, 5.74) is 10.1. The molecule has 1 aromatic carbocycles. The van der Waals surface area contributed by atoms with Crippen LogP contribution in [0.3, 0.4) is 0 Å². The Bertz CT molecular complexity index is 2260. The second-order valence-corrected chi connectivity index (χ2v) is 13.1. The molecule has 0 atom stereocenters. The molecule has 0 unspecified atom stereocenters. The molecular weight excluding hydrogens is 681 g/mol. The van der Waals surface area contributed by atoms with E-state index in [0.29, 0.717) is 53.8 Å². The van der Waals surface area contributed by atoms with Crippen LogP contribution in [0, 0.1) is 0 Å². The highest BCUT2D eigenvalue weighted by atomic mass is 32.2. The number of sulfone groups is 1. The number of rotatable bonds is 11. The zero-order valence-electron chi connectivity index (χ0n) is 26.6. The number of aliphatic carboxylic acids is 1. The predicted molar refractivity (Wildman–Crippen MR) is 180 cm³/mol. The summed E-state index contributed by atoms with van der Waals surface area (Å²) in [6.07, 6.45) is 2.94. The number of nitrogens with one attached hydrogen (secondary N) is 2. The minimum Gasteiger partial charge on any atom is -0.489 e. The highest BCUT2D eigenvalue weighted by Gasteiger charge is 2.38. The number of benzene rings is 1. The molecule has 0 aliphatic heterocycles. The zero-order chi connectivity index (χ0) is 36.1. The molecule has 5 N–H and O–H groups in total. The molecule has 0 spiro atoms. The summed E-state index contributed by atoms with van der Waals surface area (Å²) < 4.78 is 68.6. The molecule has 50 heavy (non-hydrogen) atoms. The van der Waals surface area contributed by atoms with Crippen molar-refractivity contribution in [1.29, 1.82) is 0 Å². The molecule has 0 aliphatic carbocycles. The van der Waals surface area contributed by atoms with Crippen LogP contribution in [0.5, 0.6) is 5.75 Å². The minimum atomic E-state index is -5.08. The van der Waals surface area contributed by atoms with E-state index in [1.807, 2.05) is 66.3 Å². The van der Waals surface area contributed by atoms with Crippen molar-refractivity contribution in [2.45, 2.75) is 19.3 Å². The van der Waals surface area contributed by atoms with Gasteiger partial charge in [0.05, 0.1) is 35.1 Å². The SMILES string of the molecule is CNc1ccc2ccc(OCc3cncc(-n4cc(-c5ccc(CNCCS(C)(=O)=O)o5)c5c(N)ncnc54)c3)cc2n1.O=C(O)C(F)(F)F. The number of anilines is 2. The van der Waals surface area contributed by atoms with Crippen LogP contribution in [0.1, 0.15) is 11.3 Å². The van der Waals surface area contributed by atoms with Crippen LogP contribution in [-0.4, -0.2) is 75.8 Å². The van der Waals surface area contributed by atoms with E-state index in [9.17, 15) is 21.6 Å². The average Bonchev–Trinajstić information content (AvgIpc) is 3.71. The Kier molecular flexibility index (Phi) is 10.5. The van der Waals surface area contributed by atoms with Crippen LogP contribution < -0.4 is 21.1 Å². The number of carbonyl (C=O) groups is 1. The van der Waals surface area contributed by atoms with E-state index in [0.717, 1.165) is 33.5 Å². The Balaban J connectivity index is 0.000000630. The molecule has 0 aliphatic rings. The molecule has 5 aromatic heterocycles. The van der Waals surface area contributed by atoms with Crippen molar-refractivity contribution in [3.8, 4) is 22.8 Å². The van der Waals surface area contributed by atoms with E-state index in [-0.39, 0.29) is 5.75 Å². The molecule has 6 aromatic rings. The van der Waals surface area contributed by atoms with Crippen molar-refractivity contribution in [2.75, 3.05) is 36.7 Å². The molecule has 0 amide bonds. The Labute approximate surface area is 283 Å². The number of nitrogens with zero attached hydrogens (tertiary/aromatic N) is 5. The van der Waals surface area contributed by atoms with Gasteiger partial charge in [0.15, 0.2) is 5.65 Å². The summed E-state index contributed by atoms with van der Waals surface area (Å²) in [4.78, 5) is 26.7. The van der Waals surface area contributed by atoms with Crippen molar-refractivity contribution in [3.05, 3.63) is 84.8 Å². The maximum Gasteiger partial charge on any atom is 0.490 e. The highest BCUT2D eigenvalue weighted by molar-refractivity contribution is 7.90. The summed E-state index contributed by atoms with van der Waals surface area (Å²) in [6.45, 7) is 1.02. The molecule has 0 radical (unpaired) electrons. The van der Waals surface area contributed by atoms with Gasteiger partial charge in [-0.2, -0.15) is 13.2 Å². The first-order valence-electron chi connectivity index (χ1n) is 14.8. The van der Waals surface area contributed by atoms with Crippen molar-refractivity contribution in [1.82, 2.24) is 29.8 Å². The Morgan fingerprint density at radius 1 is 1.10 bits per heavy atom. The fourth-order valence-electron chi connectivity index (χ4n) is 4.73. The summed E-state index contributed by atoms with van der Waals surface area (Å²) in [6, 6.07) is 15.4. The molecule has 0 saturated heterocycles. The Hall–Kier alpha value is -5.75. The van der Waals surface area contributed by atoms with Crippen molar-refractivity contribution in [2.24, 2.45) is 0 Å². The van der Waals surface area contributed by atoms with Gasteiger partial charge in [0.25, 0.3) is 0 Å². The summed E-state index contributed by atoms with van der Waals surface area (Å²) in [5, 5.41) is 15.0. The number of carboxylic acid groups (broad SMARTS) is 1. The third-order valence-electron chi connectivity index (χ3n) is 7.11. The fourth-order valence-corrected chi connectivity index (χ4v) is 5.25. The molecule has 14 nitrogen and oxygen atoms in total. The number of nitrogen functional groups attached to an aromatic ring is 1. The van der Waals surface area contributed by atoms with E-state index in [1.165, 1.54) is 12.6 Å². The third-order valence-corrected chi connectivity index (χ3v) is 8.06. The van der Waals surface area contributed by atoms with Gasteiger partial charge in [-0.25, -0.2) is 28.2 Å². The number of carboxylic acids is 1. The molecule has 5 heterocycles. The zero-order valence-corrected chi connectivity index (χ0v) is 27.4. The molecule has 6 rings (SSSR count). The van der Waals surface area contributed by atoms with Gasteiger partial charge in [-0.1, -0.05) is 0 Å². The van der Waals surface area contributed by atoms with E-state index < -0.39 is 22.0 Å². The Morgan fingerprint density at radius 3 is 2.58 bits per heavy atom. The molecular formula is C32H31F3N8O6S. The van der Waals surface area contributed by atoms with Crippen molar-refractivity contribution >= 4 is 49.4 Å². The summed E-state index contributed by atoms with van der Waals surface area (Å²) in [5.74, 6) is 0.352. The molecule has 0 bridgehead atoms. The smallest absolute Gasteiger partial charge is 0.489 e. The first kappa shape index (κ1) is 35.6. The average molecular weight is 713 g/mol. The number of ether oxygens (including phenoxy) is 1. The first-order chi connectivity index (χ1) is 23.7. The van der Waals surface area contributed by atoms with E-state index in [1.54, 1.807) is 12.4 Å². The molecule has 0 saturated carbocycles. The van der Waals surface area contributed by atoms with Gasteiger partial charge in [-0.3, -0.25) is 9.55 Å². The monoisotopic (exact) mass is 712 g/mol. The number of halogens is 3. The lowest BCUT2D eigenvalue weighted by Crippen LogP contribution is -2.21. The van der Waals surface area contributed by atoms with Gasteiger partial charge < -0.3 is 30.6 Å². The summed E-state index contributed by atoms with van der Waals surface area (Å²) in [7, 11) is -1.21. The van der Waals surface area contributed by atoms with Crippen LogP contribution in [0.2, 0.25) is 0 Å². The summed E-state index contributed by atoms with van der Waals surface area (Å²) >= 11 is 0. The number of hydrogen-bond donors (Lipinski definition) is 4. The van der Waals surface area contributed by atoms with Gasteiger partial charge >= 0.3 is 12.1 Å². The lowest BCUT2D eigenvalue weighted by molar-refractivity contribution is -0.192. The van der Waals surface area contributed by atoms with Gasteiger partial charge in [0.2, 0.25) is 0 Å². The fraction of sp³-hybridized carbons (Fsp3) is 0.219. The third kappa shape index (κ3) is 8.83. The lowest BCUT2D eigenvalue weighted by Gasteiger charge is -2.10. The van der Waals surface area contributed by atoms with Crippen LogP contribution in [0.4, 0.5) is 24.8 Å². The second-order valence-electron chi connectivity index (χ2n) is 10.9. The molecule has 262 valence electrons. The van der Waals surface area contributed by atoms with E-state index >= 15 is 0 Å². The predicted octanol–water partition coefficient (Wildman–Crippen LogP) is 4.59. The molecule has 18 heteroatoms. The van der Waals surface area contributed by atoms with E-state index in [2.05, 4.69) is 30.6 Å². The number of aromatic nitrogens is 5. The van der Waals surface area contributed by atoms with E-state index in [4.69, 9.17) is 24.8 Å². The first-order valence-corrected chi connectivity index (χ1v) is 16.8. The van der Waals surface area contributed by atoms with Crippen molar-refractivity contribution < 1.29 is 40.6 Å². The second kappa shape index (κ2) is 14.8. The number of hydrogen-bond acceptors (Lipinski definition) is 12. The van der Waals surface area contributed by atoms with Crippen LogP contribution in [0.15, 0.2) is 77.9 Å². The quantitative estimate of drug-likeness (QED) is 0.136. The maximum atomic E-state index is 11.4. The standard InChI is InChI=1S/C30H30N8O4S.C2HF3O2/c1-32-27-8-4-20-3-5-22(12-25(20)37-27)41-17-19-11-21(14-34-13-19)38-16-24(28-29(31)35-18-36-30(28)38)26-7-6-23(42-26)15-33-9-10-43(2,39)40;3-2(4,5)1(6)7/h3-8,11-14,16,18,33H,9-10,15,17H2,1-2H3,(H,32,37)(H2,31,35,36);(H,6,7). The van der Waals surface area contributed by atoms with Gasteiger partial charge in [0, 0.05) is 54.8 Å². The van der Waals surface area contributed by atoms with Gasteiger partial charge in [0.1, 0.15) is 51.7 Å². The van der Waals surface area contributed by atoms with Crippen LogP contribution >= 0.6 is 0 Å². The lowest BCUT2D eigenvalue weighted by atomic mass is 10.2. The normalized spacial score (nSPS) is 11.7. The maximum absolute atomic E-state index is 11.4. The van der Waals surface area contributed by atoms with Gasteiger partial charge in [-0.15, -0.1) is 0 Å². The van der Waals surface area contributed by atoms with Crippen LogP contribution in [0.25, 0.3) is 38.9 Å². The van der Waals surface area contributed by atoms with Crippen molar-refractivity contribution in [3.63, 3.8) is 0 Å². The Morgan fingerprint density at radius 2 is 1.86 bits per heavy atom. The number of alkyl halides is 3. The van der Waals surface area contributed by atoms with Crippen LogP contribution in [-0.2, 0) is 27.8 Å². The number of fused-ring (bicyclic) bond motifs is 2.